The van der Waals surface area contributed by atoms with Gasteiger partial charge < -0.3 is 10.6 Å². The molecule has 2 rings (SSSR count). The number of piperidine rings is 1. The Kier molecular flexibility index (Phi) is 5.76. The standard InChI is InChI=1S/C15H22N2O3S/c18-15(14-9-4-5-10-16-14)17-11-6-12-21(19,20)13-7-2-1-3-8-13/h1-3,7-8,14,16H,4-6,9-12H2,(H,17,18). The van der Waals surface area contributed by atoms with Crippen molar-refractivity contribution in [2.24, 2.45) is 0 Å². The van der Waals surface area contributed by atoms with Gasteiger partial charge in [-0.25, -0.2) is 8.42 Å². The van der Waals surface area contributed by atoms with Gasteiger partial charge in [-0.05, 0) is 37.9 Å². The Hall–Kier alpha value is -1.40. The van der Waals surface area contributed by atoms with Crippen molar-refractivity contribution in [1.29, 1.82) is 0 Å². The maximum atomic E-state index is 12.1. The minimum Gasteiger partial charge on any atom is -0.355 e. The molecule has 1 aliphatic rings. The van der Waals surface area contributed by atoms with E-state index >= 15 is 0 Å². The van der Waals surface area contributed by atoms with Crippen molar-refractivity contribution in [3.8, 4) is 0 Å². The maximum absolute atomic E-state index is 12.1. The van der Waals surface area contributed by atoms with E-state index in [0.29, 0.717) is 17.9 Å². The fourth-order valence-electron chi connectivity index (χ4n) is 2.42. The SMILES string of the molecule is O=C(NCCCS(=O)(=O)c1ccccc1)C1CCCCN1. The Balaban J connectivity index is 1.73. The van der Waals surface area contributed by atoms with E-state index < -0.39 is 9.84 Å². The van der Waals surface area contributed by atoms with E-state index in [1.807, 2.05) is 0 Å². The lowest BCUT2D eigenvalue weighted by Gasteiger charge is -2.22. The summed E-state index contributed by atoms with van der Waals surface area (Å²) in [5, 5.41) is 5.98. The average Bonchev–Trinajstić information content (AvgIpc) is 2.53. The highest BCUT2D eigenvalue weighted by molar-refractivity contribution is 7.91. The second-order valence-corrected chi connectivity index (χ2v) is 7.39. The van der Waals surface area contributed by atoms with E-state index in [4.69, 9.17) is 0 Å². The van der Waals surface area contributed by atoms with Gasteiger partial charge in [-0.2, -0.15) is 0 Å². The van der Waals surface area contributed by atoms with Crippen LogP contribution in [0.1, 0.15) is 25.7 Å². The second kappa shape index (κ2) is 7.56. The van der Waals surface area contributed by atoms with Gasteiger partial charge in [0.25, 0.3) is 0 Å². The van der Waals surface area contributed by atoms with Crippen LogP contribution in [0.15, 0.2) is 35.2 Å². The molecule has 0 spiro atoms. The summed E-state index contributed by atoms with van der Waals surface area (Å²) in [5.41, 5.74) is 0. The summed E-state index contributed by atoms with van der Waals surface area (Å²) in [5.74, 6) is 0.0295. The lowest BCUT2D eigenvalue weighted by molar-refractivity contribution is -0.123. The van der Waals surface area contributed by atoms with Crippen LogP contribution in [0.2, 0.25) is 0 Å². The predicted molar refractivity (Wildman–Crippen MR) is 81.8 cm³/mol. The van der Waals surface area contributed by atoms with Gasteiger partial charge in [0.05, 0.1) is 16.7 Å². The molecule has 1 unspecified atom stereocenters. The Labute approximate surface area is 126 Å². The third kappa shape index (κ3) is 4.82. The lowest BCUT2D eigenvalue weighted by Crippen LogP contribution is -2.46. The van der Waals surface area contributed by atoms with Crippen LogP contribution < -0.4 is 10.6 Å². The first kappa shape index (κ1) is 16.0. The van der Waals surface area contributed by atoms with Crippen LogP contribution in [0.25, 0.3) is 0 Å². The van der Waals surface area contributed by atoms with Gasteiger partial charge in [-0.15, -0.1) is 0 Å². The summed E-state index contributed by atoms with van der Waals surface area (Å²) in [6, 6.07) is 8.28. The highest BCUT2D eigenvalue weighted by Gasteiger charge is 2.20. The van der Waals surface area contributed by atoms with E-state index in [9.17, 15) is 13.2 Å². The summed E-state index contributed by atoms with van der Waals surface area (Å²) in [6.07, 6.45) is 3.45. The van der Waals surface area contributed by atoms with Gasteiger partial charge in [0.2, 0.25) is 5.91 Å². The van der Waals surface area contributed by atoms with Crippen LogP contribution in [-0.4, -0.2) is 39.2 Å². The van der Waals surface area contributed by atoms with E-state index in [0.717, 1.165) is 25.8 Å². The molecule has 21 heavy (non-hydrogen) atoms. The smallest absolute Gasteiger partial charge is 0.237 e. The van der Waals surface area contributed by atoms with Gasteiger partial charge in [0.1, 0.15) is 0 Å². The number of sulfone groups is 1. The number of nitrogens with one attached hydrogen (secondary N) is 2. The van der Waals surface area contributed by atoms with Crippen LogP contribution in [-0.2, 0) is 14.6 Å². The number of hydrogen-bond donors (Lipinski definition) is 2. The Morgan fingerprint density at radius 2 is 2.00 bits per heavy atom. The molecule has 6 heteroatoms. The van der Waals surface area contributed by atoms with Crippen LogP contribution in [0.4, 0.5) is 0 Å². The topological polar surface area (TPSA) is 75.3 Å². The van der Waals surface area contributed by atoms with E-state index in [1.165, 1.54) is 0 Å². The number of rotatable bonds is 6. The molecule has 1 aliphatic heterocycles. The molecule has 1 aromatic rings. The summed E-state index contributed by atoms with van der Waals surface area (Å²) >= 11 is 0. The van der Waals surface area contributed by atoms with E-state index in [-0.39, 0.29) is 17.7 Å². The highest BCUT2D eigenvalue weighted by atomic mass is 32.2. The molecule has 1 atom stereocenters. The van der Waals surface area contributed by atoms with E-state index in [1.54, 1.807) is 30.3 Å². The minimum absolute atomic E-state index is 0.0215. The normalized spacial score (nSPS) is 19.1. The van der Waals surface area contributed by atoms with Crippen molar-refractivity contribution in [3.63, 3.8) is 0 Å². The number of benzene rings is 1. The predicted octanol–water partition coefficient (Wildman–Crippen LogP) is 1.11. The maximum Gasteiger partial charge on any atom is 0.237 e. The molecule has 1 saturated heterocycles. The molecule has 0 bridgehead atoms. The second-order valence-electron chi connectivity index (χ2n) is 5.28. The zero-order valence-electron chi connectivity index (χ0n) is 12.0. The van der Waals surface area contributed by atoms with Gasteiger partial charge >= 0.3 is 0 Å². The average molecular weight is 310 g/mol. The molecule has 0 aromatic heterocycles. The fraction of sp³-hybridized carbons (Fsp3) is 0.533. The molecular weight excluding hydrogens is 288 g/mol. The number of carbonyl (C=O) groups is 1. The zero-order valence-corrected chi connectivity index (χ0v) is 12.9. The molecule has 1 amide bonds. The van der Waals surface area contributed by atoms with Crippen molar-refractivity contribution in [2.75, 3.05) is 18.8 Å². The number of hydrogen-bond acceptors (Lipinski definition) is 4. The monoisotopic (exact) mass is 310 g/mol. The molecule has 0 saturated carbocycles. The Morgan fingerprint density at radius 1 is 1.24 bits per heavy atom. The molecule has 0 aliphatic carbocycles. The molecule has 1 heterocycles. The Bertz CT molecular complexity index is 552. The molecule has 1 aromatic carbocycles. The van der Waals surface area contributed by atoms with Gasteiger partial charge in [0.15, 0.2) is 9.84 Å². The number of carbonyl (C=O) groups excluding carboxylic acids is 1. The molecular formula is C15H22N2O3S. The van der Waals surface area contributed by atoms with Crippen LogP contribution in [0.3, 0.4) is 0 Å². The van der Waals surface area contributed by atoms with Crippen molar-refractivity contribution in [3.05, 3.63) is 30.3 Å². The fourth-order valence-corrected chi connectivity index (χ4v) is 3.75. The number of amides is 1. The minimum atomic E-state index is -3.25. The van der Waals surface area contributed by atoms with E-state index in [2.05, 4.69) is 10.6 Å². The first-order chi connectivity index (χ1) is 10.1. The van der Waals surface area contributed by atoms with Crippen molar-refractivity contribution < 1.29 is 13.2 Å². The van der Waals surface area contributed by atoms with Crippen LogP contribution in [0, 0.1) is 0 Å². The van der Waals surface area contributed by atoms with Gasteiger partial charge in [-0.3, -0.25) is 4.79 Å². The molecule has 2 N–H and O–H groups in total. The molecule has 5 nitrogen and oxygen atoms in total. The third-order valence-corrected chi connectivity index (χ3v) is 5.43. The van der Waals surface area contributed by atoms with Crippen LogP contribution >= 0.6 is 0 Å². The van der Waals surface area contributed by atoms with Gasteiger partial charge in [-0.1, -0.05) is 24.6 Å². The molecule has 1 fully saturated rings. The largest absolute Gasteiger partial charge is 0.355 e. The zero-order chi connectivity index (χ0) is 15.1. The molecule has 116 valence electrons. The van der Waals surface area contributed by atoms with Crippen molar-refractivity contribution in [1.82, 2.24) is 10.6 Å². The lowest BCUT2D eigenvalue weighted by atomic mass is 10.0. The summed E-state index contributed by atoms with van der Waals surface area (Å²) in [7, 11) is -3.25. The quantitative estimate of drug-likeness (QED) is 0.772. The first-order valence-corrected chi connectivity index (χ1v) is 9.04. The Morgan fingerprint density at radius 3 is 2.67 bits per heavy atom. The van der Waals surface area contributed by atoms with Crippen LogP contribution in [0.5, 0.6) is 0 Å². The summed E-state index contributed by atoms with van der Waals surface area (Å²) in [4.78, 5) is 12.2. The van der Waals surface area contributed by atoms with Crippen molar-refractivity contribution >= 4 is 15.7 Å². The highest BCUT2D eigenvalue weighted by Crippen LogP contribution is 2.11. The van der Waals surface area contributed by atoms with Gasteiger partial charge in [0, 0.05) is 6.54 Å². The third-order valence-electron chi connectivity index (χ3n) is 3.62. The molecule has 0 radical (unpaired) electrons. The first-order valence-electron chi connectivity index (χ1n) is 7.38. The summed E-state index contributed by atoms with van der Waals surface area (Å²) in [6.45, 7) is 1.27. The van der Waals surface area contributed by atoms with Crippen molar-refractivity contribution in [2.45, 2.75) is 36.6 Å². The summed E-state index contributed by atoms with van der Waals surface area (Å²) < 4.78 is 24.1.